The van der Waals surface area contributed by atoms with Gasteiger partial charge in [-0.1, -0.05) is 13.8 Å². The van der Waals surface area contributed by atoms with Crippen LogP contribution in [0.4, 0.5) is 8.78 Å². The van der Waals surface area contributed by atoms with Crippen molar-refractivity contribution >= 4 is 0 Å². The predicted molar refractivity (Wildman–Crippen MR) is 71.0 cm³/mol. The highest BCUT2D eigenvalue weighted by Gasteiger charge is 2.32. The maximum absolute atomic E-state index is 13.7. The Morgan fingerprint density at radius 3 is 2.84 bits per heavy atom. The Morgan fingerprint density at radius 1 is 1.42 bits per heavy atom. The Morgan fingerprint density at radius 2 is 2.21 bits per heavy atom. The van der Waals surface area contributed by atoms with Gasteiger partial charge in [0.15, 0.2) is 0 Å². The average Bonchev–Trinajstić information content (AvgIpc) is 2.79. The highest BCUT2D eigenvalue weighted by Crippen LogP contribution is 2.25. The van der Waals surface area contributed by atoms with Crippen LogP contribution in [-0.4, -0.2) is 25.3 Å². The largest absolute Gasteiger partial charge is 0.376 e. The van der Waals surface area contributed by atoms with E-state index in [1.165, 1.54) is 12.1 Å². The maximum Gasteiger partial charge on any atom is 0.126 e. The van der Waals surface area contributed by atoms with Crippen LogP contribution >= 0.6 is 0 Å². The molecule has 1 aliphatic heterocycles. The van der Waals surface area contributed by atoms with Gasteiger partial charge in [0.25, 0.3) is 0 Å². The van der Waals surface area contributed by atoms with E-state index >= 15 is 0 Å². The smallest absolute Gasteiger partial charge is 0.126 e. The van der Waals surface area contributed by atoms with E-state index in [0.717, 1.165) is 25.6 Å². The number of hydrogen-bond acceptors (Lipinski definition) is 2. The third-order valence-electron chi connectivity index (χ3n) is 3.75. The predicted octanol–water partition coefficient (Wildman–Crippen LogP) is 2.91. The zero-order chi connectivity index (χ0) is 13.8. The van der Waals surface area contributed by atoms with Crippen LogP contribution in [0, 0.1) is 17.6 Å². The van der Waals surface area contributed by atoms with E-state index in [0.29, 0.717) is 17.9 Å². The number of nitrogens with one attached hydrogen (secondary N) is 1. The molecule has 3 unspecified atom stereocenters. The Balaban J connectivity index is 2.13. The van der Waals surface area contributed by atoms with Gasteiger partial charge in [0.1, 0.15) is 11.6 Å². The lowest BCUT2D eigenvalue weighted by atomic mass is 9.92. The molecule has 19 heavy (non-hydrogen) atoms. The van der Waals surface area contributed by atoms with Crippen LogP contribution in [0.3, 0.4) is 0 Å². The van der Waals surface area contributed by atoms with Crippen molar-refractivity contribution < 1.29 is 13.5 Å². The zero-order valence-corrected chi connectivity index (χ0v) is 11.5. The molecule has 1 N–H and O–H groups in total. The number of halogens is 2. The molecule has 0 bridgehead atoms. The van der Waals surface area contributed by atoms with Crippen LogP contribution in [0.2, 0.25) is 0 Å². The quantitative estimate of drug-likeness (QED) is 0.887. The molecule has 4 heteroatoms. The van der Waals surface area contributed by atoms with Gasteiger partial charge in [0, 0.05) is 12.6 Å². The number of ether oxygens (including phenoxy) is 1. The molecule has 0 saturated carbocycles. The summed E-state index contributed by atoms with van der Waals surface area (Å²) >= 11 is 0. The van der Waals surface area contributed by atoms with Crippen molar-refractivity contribution in [2.45, 2.75) is 38.8 Å². The van der Waals surface area contributed by atoms with Gasteiger partial charge < -0.3 is 10.1 Å². The van der Waals surface area contributed by atoms with Crippen molar-refractivity contribution in [3.8, 4) is 0 Å². The summed E-state index contributed by atoms with van der Waals surface area (Å²) in [5, 5.41) is 3.34. The first-order valence-electron chi connectivity index (χ1n) is 6.90. The molecule has 0 radical (unpaired) electrons. The summed E-state index contributed by atoms with van der Waals surface area (Å²) in [6, 6.07) is 3.64. The van der Waals surface area contributed by atoms with Crippen molar-refractivity contribution in [1.82, 2.24) is 5.32 Å². The molecule has 106 valence electrons. The second-order valence-electron chi connectivity index (χ2n) is 5.21. The van der Waals surface area contributed by atoms with E-state index in [1.54, 1.807) is 0 Å². The van der Waals surface area contributed by atoms with Gasteiger partial charge in [-0.05, 0) is 49.1 Å². The van der Waals surface area contributed by atoms with Crippen LogP contribution in [0.5, 0.6) is 0 Å². The minimum atomic E-state index is -0.396. The number of hydrogen-bond donors (Lipinski definition) is 1. The van der Waals surface area contributed by atoms with Crippen LogP contribution in [-0.2, 0) is 11.2 Å². The number of likely N-dealkylation sites (N-methyl/N-ethyl adjacent to an activating group) is 1. The van der Waals surface area contributed by atoms with Crippen molar-refractivity contribution in [2.24, 2.45) is 5.92 Å². The average molecular weight is 269 g/mol. The fraction of sp³-hybridized carbons (Fsp3) is 0.600. The van der Waals surface area contributed by atoms with Crippen molar-refractivity contribution in [3.63, 3.8) is 0 Å². The highest BCUT2D eigenvalue weighted by atomic mass is 19.1. The lowest BCUT2D eigenvalue weighted by molar-refractivity contribution is 0.0612. The Hall–Kier alpha value is -1.00. The molecule has 1 aromatic carbocycles. The SMILES string of the molecule is CCNC(Cc1cc(F)ccc1F)C1OCCC1C. The summed E-state index contributed by atoms with van der Waals surface area (Å²) in [5.41, 5.74) is 0.411. The summed E-state index contributed by atoms with van der Waals surface area (Å²) in [6.45, 7) is 5.69. The monoisotopic (exact) mass is 269 g/mol. The summed E-state index contributed by atoms with van der Waals surface area (Å²) < 4.78 is 32.7. The maximum atomic E-state index is 13.7. The van der Waals surface area contributed by atoms with Gasteiger partial charge in [0.2, 0.25) is 0 Å². The van der Waals surface area contributed by atoms with E-state index in [9.17, 15) is 8.78 Å². The van der Waals surface area contributed by atoms with Crippen LogP contribution < -0.4 is 5.32 Å². The Kier molecular flexibility index (Phi) is 4.88. The first-order valence-corrected chi connectivity index (χ1v) is 6.90. The number of benzene rings is 1. The summed E-state index contributed by atoms with van der Waals surface area (Å²) in [5.74, 6) is -0.303. The minimum absolute atomic E-state index is 0.0267. The Bertz CT molecular complexity index is 425. The molecule has 3 atom stereocenters. The standard InChI is InChI=1S/C15H21F2NO/c1-3-18-14(15-10(2)6-7-19-15)9-11-8-12(16)4-5-13(11)17/h4-5,8,10,14-15,18H,3,6-7,9H2,1-2H3. The van der Waals surface area contributed by atoms with E-state index in [4.69, 9.17) is 4.74 Å². The van der Waals surface area contributed by atoms with Gasteiger partial charge in [0.05, 0.1) is 6.10 Å². The minimum Gasteiger partial charge on any atom is -0.376 e. The van der Waals surface area contributed by atoms with E-state index in [1.807, 2.05) is 6.92 Å². The second-order valence-corrected chi connectivity index (χ2v) is 5.21. The number of rotatable bonds is 5. The second kappa shape index (κ2) is 6.44. The first-order chi connectivity index (χ1) is 9.11. The summed E-state index contributed by atoms with van der Waals surface area (Å²) in [6.07, 6.45) is 1.55. The molecule has 1 aliphatic rings. The topological polar surface area (TPSA) is 21.3 Å². The third kappa shape index (κ3) is 3.51. The van der Waals surface area contributed by atoms with Gasteiger partial charge in [-0.15, -0.1) is 0 Å². The summed E-state index contributed by atoms with van der Waals surface area (Å²) in [7, 11) is 0. The molecule has 0 spiro atoms. The Labute approximate surface area is 113 Å². The zero-order valence-electron chi connectivity index (χ0n) is 11.5. The van der Waals surface area contributed by atoms with Crippen molar-refractivity contribution in [3.05, 3.63) is 35.4 Å². The molecule has 2 rings (SSSR count). The fourth-order valence-corrected chi connectivity index (χ4v) is 2.73. The normalized spacial score (nSPS) is 24.6. The van der Waals surface area contributed by atoms with Crippen LogP contribution in [0.1, 0.15) is 25.8 Å². The molecule has 0 aromatic heterocycles. The molecular formula is C15H21F2NO. The summed E-state index contributed by atoms with van der Waals surface area (Å²) in [4.78, 5) is 0. The van der Waals surface area contributed by atoms with Gasteiger partial charge in [-0.3, -0.25) is 0 Å². The molecule has 1 fully saturated rings. The van der Waals surface area contributed by atoms with E-state index in [-0.39, 0.29) is 18.0 Å². The van der Waals surface area contributed by atoms with E-state index in [2.05, 4.69) is 12.2 Å². The molecule has 0 aliphatic carbocycles. The molecule has 1 heterocycles. The molecular weight excluding hydrogens is 248 g/mol. The van der Waals surface area contributed by atoms with Gasteiger partial charge >= 0.3 is 0 Å². The van der Waals surface area contributed by atoms with Gasteiger partial charge in [-0.25, -0.2) is 8.78 Å². The molecule has 0 amide bonds. The van der Waals surface area contributed by atoms with Crippen LogP contribution in [0.25, 0.3) is 0 Å². The van der Waals surface area contributed by atoms with Gasteiger partial charge in [-0.2, -0.15) is 0 Å². The van der Waals surface area contributed by atoms with Crippen molar-refractivity contribution in [2.75, 3.05) is 13.2 Å². The molecule has 1 saturated heterocycles. The molecule has 2 nitrogen and oxygen atoms in total. The lowest BCUT2D eigenvalue weighted by Gasteiger charge is -2.27. The lowest BCUT2D eigenvalue weighted by Crippen LogP contribution is -2.43. The fourth-order valence-electron chi connectivity index (χ4n) is 2.73. The van der Waals surface area contributed by atoms with Crippen molar-refractivity contribution in [1.29, 1.82) is 0 Å². The van der Waals surface area contributed by atoms with Crippen LogP contribution in [0.15, 0.2) is 18.2 Å². The highest BCUT2D eigenvalue weighted by molar-refractivity contribution is 5.20. The van der Waals surface area contributed by atoms with E-state index < -0.39 is 5.82 Å². The molecule has 1 aromatic rings. The third-order valence-corrected chi connectivity index (χ3v) is 3.75. The first kappa shape index (κ1) is 14.4.